The molecule has 1 N–H and O–H groups in total. The molecule has 1 amide bonds. The van der Waals surface area contributed by atoms with E-state index >= 15 is 0 Å². The maximum Gasteiger partial charge on any atom is 0.236 e. The smallest absolute Gasteiger partial charge is 0.236 e. The number of thioether (sulfide) groups is 1. The van der Waals surface area contributed by atoms with Crippen LogP contribution < -0.4 is 5.32 Å². The van der Waals surface area contributed by atoms with E-state index in [2.05, 4.69) is 24.4 Å². The van der Waals surface area contributed by atoms with Gasteiger partial charge in [-0.05, 0) is 26.0 Å². The maximum atomic E-state index is 12.4. The Morgan fingerprint density at radius 3 is 2.83 bits per heavy atom. The first-order chi connectivity index (χ1) is 8.68. The summed E-state index contributed by atoms with van der Waals surface area (Å²) in [4.78, 5) is 15.5. The average Bonchev–Trinajstić information content (AvgIpc) is 2.39. The number of piperazine rings is 1. The molecule has 1 unspecified atom stereocenters. The highest BCUT2D eigenvalue weighted by molar-refractivity contribution is 8.00. The second-order valence-corrected chi connectivity index (χ2v) is 6.07. The molecule has 0 aliphatic carbocycles. The fourth-order valence-corrected chi connectivity index (χ4v) is 3.11. The third-order valence-corrected chi connectivity index (χ3v) is 4.29. The standard InChI is InChI=1S/C14H20N2OS/c1-11-10-15-8-9-16(11)14(17)12(2)18-13-6-4-3-5-7-13/h3-7,11-12,15H,8-10H2,1-2H3/t11-,12?/m1/s1. The van der Waals surface area contributed by atoms with Crippen LogP contribution in [0.1, 0.15) is 13.8 Å². The molecule has 1 heterocycles. The van der Waals surface area contributed by atoms with Gasteiger partial charge in [-0.1, -0.05) is 18.2 Å². The molecule has 1 aromatic carbocycles. The first-order valence-electron chi connectivity index (χ1n) is 6.41. The van der Waals surface area contributed by atoms with E-state index in [4.69, 9.17) is 0 Å². The van der Waals surface area contributed by atoms with E-state index < -0.39 is 0 Å². The summed E-state index contributed by atoms with van der Waals surface area (Å²) in [6.45, 7) is 6.71. The molecule has 18 heavy (non-hydrogen) atoms. The van der Waals surface area contributed by atoms with Gasteiger partial charge in [0, 0.05) is 30.6 Å². The summed E-state index contributed by atoms with van der Waals surface area (Å²) in [6.07, 6.45) is 0. The van der Waals surface area contributed by atoms with Crippen molar-refractivity contribution >= 4 is 17.7 Å². The van der Waals surface area contributed by atoms with Crippen molar-refractivity contribution in [3.8, 4) is 0 Å². The van der Waals surface area contributed by atoms with Gasteiger partial charge in [-0.15, -0.1) is 11.8 Å². The van der Waals surface area contributed by atoms with Gasteiger partial charge >= 0.3 is 0 Å². The molecule has 1 aliphatic rings. The van der Waals surface area contributed by atoms with Crippen molar-refractivity contribution in [1.82, 2.24) is 10.2 Å². The van der Waals surface area contributed by atoms with E-state index in [1.54, 1.807) is 11.8 Å². The Kier molecular flexibility index (Phi) is 4.66. The molecule has 1 fully saturated rings. The molecular weight excluding hydrogens is 244 g/mol. The maximum absolute atomic E-state index is 12.4. The molecule has 0 aromatic heterocycles. The number of amides is 1. The van der Waals surface area contributed by atoms with Crippen LogP contribution in [0.2, 0.25) is 0 Å². The van der Waals surface area contributed by atoms with Crippen molar-refractivity contribution in [3.05, 3.63) is 30.3 Å². The Morgan fingerprint density at radius 1 is 1.44 bits per heavy atom. The van der Waals surface area contributed by atoms with Crippen molar-refractivity contribution in [2.45, 2.75) is 30.0 Å². The Balaban J connectivity index is 1.96. The summed E-state index contributed by atoms with van der Waals surface area (Å²) in [5.74, 6) is 0.248. The van der Waals surface area contributed by atoms with Gasteiger partial charge in [0.25, 0.3) is 0 Å². The minimum Gasteiger partial charge on any atom is -0.336 e. The van der Waals surface area contributed by atoms with Crippen LogP contribution in [0.15, 0.2) is 35.2 Å². The van der Waals surface area contributed by atoms with Crippen LogP contribution in [0.25, 0.3) is 0 Å². The zero-order valence-corrected chi connectivity index (χ0v) is 11.7. The van der Waals surface area contributed by atoms with Gasteiger partial charge in [0.1, 0.15) is 0 Å². The molecular formula is C14H20N2OS. The average molecular weight is 264 g/mol. The minimum atomic E-state index is -0.0204. The molecule has 0 saturated carbocycles. The summed E-state index contributed by atoms with van der Waals surface area (Å²) < 4.78 is 0. The number of nitrogens with one attached hydrogen (secondary N) is 1. The zero-order valence-electron chi connectivity index (χ0n) is 10.9. The number of carbonyl (C=O) groups excluding carboxylic acids is 1. The van der Waals surface area contributed by atoms with Gasteiger partial charge in [0.2, 0.25) is 5.91 Å². The van der Waals surface area contributed by atoms with Crippen LogP contribution in [-0.4, -0.2) is 41.7 Å². The lowest BCUT2D eigenvalue weighted by molar-refractivity contribution is -0.133. The second kappa shape index (κ2) is 6.25. The summed E-state index contributed by atoms with van der Waals surface area (Å²) in [6, 6.07) is 10.4. The quantitative estimate of drug-likeness (QED) is 0.847. The summed E-state index contributed by atoms with van der Waals surface area (Å²) in [7, 11) is 0. The van der Waals surface area contributed by atoms with Crippen LogP contribution in [0.3, 0.4) is 0 Å². The van der Waals surface area contributed by atoms with Crippen molar-refractivity contribution in [2.75, 3.05) is 19.6 Å². The van der Waals surface area contributed by atoms with Gasteiger partial charge in [-0.25, -0.2) is 0 Å². The van der Waals surface area contributed by atoms with Crippen molar-refractivity contribution in [1.29, 1.82) is 0 Å². The molecule has 0 radical (unpaired) electrons. The first kappa shape index (κ1) is 13.4. The molecule has 1 aliphatic heterocycles. The highest BCUT2D eigenvalue weighted by Crippen LogP contribution is 2.24. The van der Waals surface area contributed by atoms with Gasteiger partial charge in [0.15, 0.2) is 0 Å². The molecule has 98 valence electrons. The Morgan fingerprint density at radius 2 is 2.17 bits per heavy atom. The van der Waals surface area contributed by atoms with Crippen molar-refractivity contribution in [3.63, 3.8) is 0 Å². The van der Waals surface area contributed by atoms with Crippen LogP contribution in [-0.2, 0) is 4.79 Å². The lowest BCUT2D eigenvalue weighted by atomic mass is 10.2. The molecule has 3 nitrogen and oxygen atoms in total. The lowest BCUT2D eigenvalue weighted by Gasteiger charge is -2.35. The van der Waals surface area contributed by atoms with Crippen molar-refractivity contribution < 1.29 is 4.79 Å². The molecule has 4 heteroatoms. The van der Waals surface area contributed by atoms with Gasteiger partial charge in [-0.2, -0.15) is 0 Å². The van der Waals surface area contributed by atoms with E-state index in [9.17, 15) is 4.79 Å². The van der Waals surface area contributed by atoms with Crippen molar-refractivity contribution in [2.24, 2.45) is 0 Å². The Bertz CT molecular complexity index is 396. The Labute approximate surface area is 113 Å². The SMILES string of the molecule is CC(Sc1ccccc1)C(=O)N1CCNC[C@H]1C. The molecule has 1 saturated heterocycles. The first-order valence-corrected chi connectivity index (χ1v) is 7.29. The largest absolute Gasteiger partial charge is 0.336 e. The van der Waals surface area contributed by atoms with Crippen LogP contribution in [0.5, 0.6) is 0 Å². The highest BCUT2D eigenvalue weighted by atomic mass is 32.2. The van der Waals surface area contributed by atoms with E-state index in [-0.39, 0.29) is 11.2 Å². The number of carbonyl (C=O) groups is 1. The topological polar surface area (TPSA) is 32.3 Å². The third kappa shape index (κ3) is 3.27. The number of hydrogen-bond donors (Lipinski definition) is 1. The highest BCUT2D eigenvalue weighted by Gasteiger charge is 2.27. The molecule has 1 aromatic rings. The number of nitrogens with zero attached hydrogens (tertiary/aromatic N) is 1. The normalized spacial score (nSPS) is 21.7. The summed E-state index contributed by atoms with van der Waals surface area (Å²) in [5.41, 5.74) is 0. The fraction of sp³-hybridized carbons (Fsp3) is 0.500. The third-order valence-electron chi connectivity index (χ3n) is 3.19. The number of benzene rings is 1. The summed E-state index contributed by atoms with van der Waals surface area (Å²) >= 11 is 1.64. The van der Waals surface area contributed by atoms with Gasteiger partial charge in [-0.3, -0.25) is 4.79 Å². The number of rotatable bonds is 3. The predicted octanol–water partition coefficient (Wildman–Crippen LogP) is 1.99. The van der Waals surface area contributed by atoms with Crippen LogP contribution in [0.4, 0.5) is 0 Å². The molecule has 2 rings (SSSR count). The second-order valence-electron chi connectivity index (χ2n) is 4.66. The summed E-state index contributed by atoms with van der Waals surface area (Å²) in [5, 5.41) is 3.29. The zero-order chi connectivity index (χ0) is 13.0. The van der Waals surface area contributed by atoms with E-state index in [0.717, 1.165) is 24.5 Å². The lowest BCUT2D eigenvalue weighted by Crippen LogP contribution is -2.54. The molecule has 0 bridgehead atoms. The van der Waals surface area contributed by atoms with Crippen LogP contribution in [0, 0.1) is 0 Å². The monoisotopic (exact) mass is 264 g/mol. The fourth-order valence-electron chi connectivity index (χ4n) is 2.16. The van der Waals surface area contributed by atoms with E-state index in [1.165, 1.54) is 0 Å². The van der Waals surface area contributed by atoms with E-state index in [0.29, 0.717) is 6.04 Å². The molecule has 0 spiro atoms. The number of hydrogen-bond acceptors (Lipinski definition) is 3. The van der Waals surface area contributed by atoms with Crippen LogP contribution >= 0.6 is 11.8 Å². The van der Waals surface area contributed by atoms with E-state index in [1.807, 2.05) is 30.0 Å². The Hall–Kier alpha value is -1.00. The molecule has 2 atom stereocenters. The van der Waals surface area contributed by atoms with Gasteiger partial charge in [0.05, 0.1) is 5.25 Å². The predicted molar refractivity (Wildman–Crippen MR) is 75.8 cm³/mol. The minimum absolute atomic E-state index is 0.0204. The van der Waals surface area contributed by atoms with Gasteiger partial charge < -0.3 is 10.2 Å².